The van der Waals surface area contributed by atoms with Gasteiger partial charge in [-0.3, -0.25) is 14.4 Å². The summed E-state index contributed by atoms with van der Waals surface area (Å²) in [5, 5.41) is 0. The average Bonchev–Trinajstić information content (AvgIpc) is 3.47. The first-order chi connectivity index (χ1) is 40.0. The van der Waals surface area contributed by atoms with E-state index in [2.05, 4.69) is 69.4 Å². The molecule has 6 heteroatoms. The van der Waals surface area contributed by atoms with Crippen LogP contribution in [0.2, 0.25) is 0 Å². The van der Waals surface area contributed by atoms with Crippen molar-refractivity contribution in [3.63, 3.8) is 0 Å². The summed E-state index contributed by atoms with van der Waals surface area (Å²) in [6.45, 7) is 6.61. The SMILES string of the molecule is CC/C=C\C/C=C\C/C=C\C/C=C\CCCCCCCCCCCCCCCCCCCCC(=O)OCC(COC(=O)CCCCCCCCCCCCCCCC)OC(=O)CCCCCCCCCCCCCCCCCCCC. The standard InChI is InChI=1S/C75H138O6/c1-4-7-10-13-16-19-22-25-28-30-32-33-34-35-36-37-38-39-40-41-42-43-44-46-47-50-53-56-59-62-65-68-74(77)80-71-72(70-79-73(76)67-64-61-58-55-52-49-27-24-21-18-15-12-9-6-3)81-75(78)69-66-63-60-57-54-51-48-45-31-29-26-23-20-17-14-11-8-5-2/h7,10,16,19,25,28,32-33,72H,4-6,8-9,11-15,17-18,20-24,26-27,29-31,34-71H2,1-3H3/b10-7-,19-16-,28-25-,33-32-. The number of unbranched alkanes of at least 4 members (excludes halogenated alkanes) is 48. The second-order valence-corrected chi connectivity index (χ2v) is 24.5. The predicted molar refractivity (Wildman–Crippen MR) is 353 cm³/mol. The Morgan fingerprint density at radius 1 is 0.259 bits per heavy atom. The second kappa shape index (κ2) is 69.9. The van der Waals surface area contributed by atoms with Crippen LogP contribution >= 0.6 is 0 Å². The summed E-state index contributed by atoms with van der Waals surface area (Å²) in [5.74, 6) is -0.832. The lowest BCUT2D eigenvalue weighted by molar-refractivity contribution is -0.167. The van der Waals surface area contributed by atoms with E-state index in [1.165, 1.54) is 270 Å². The highest BCUT2D eigenvalue weighted by molar-refractivity contribution is 5.71. The van der Waals surface area contributed by atoms with Crippen molar-refractivity contribution in [3.8, 4) is 0 Å². The van der Waals surface area contributed by atoms with E-state index in [4.69, 9.17) is 14.2 Å². The maximum Gasteiger partial charge on any atom is 0.306 e. The lowest BCUT2D eigenvalue weighted by Crippen LogP contribution is -2.30. The van der Waals surface area contributed by atoms with E-state index in [0.29, 0.717) is 19.3 Å². The Morgan fingerprint density at radius 3 is 0.753 bits per heavy atom. The second-order valence-electron chi connectivity index (χ2n) is 24.5. The number of carbonyl (C=O) groups excluding carboxylic acids is 3. The molecule has 6 nitrogen and oxygen atoms in total. The molecule has 0 saturated carbocycles. The van der Waals surface area contributed by atoms with Gasteiger partial charge in [-0.1, -0.05) is 365 Å². The molecule has 0 aromatic carbocycles. The fourth-order valence-corrected chi connectivity index (χ4v) is 11.0. The van der Waals surface area contributed by atoms with Crippen molar-refractivity contribution in [2.24, 2.45) is 0 Å². The molecule has 0 heterocycles. The number of allylic oxidation sites excluding steroid dienone is 8. The fraction of sp³-hybridized carbons (Fsp3) is 0.853. The smallest absolute Gasteiger partial charge is 0.306 e. The van der Waals surface area contributed by atoms with E-state index in [-0.39, 0.29) is 31.1 Å². The number of ether oxygens (including phenoxy) is 3. The molecule has 0 amide bonds. The summed E-state index contributed by atoms with van der Waals surface area (Å²) in [6.07, 6.45) is 88.6. The molecule has 0 aliphatic rings. The first-order valence-corrected chi connectivity index (χ1v) is 36.1. The Morgan fingerprint density at radius 2 is 0.481 bits per heavy atom. The van der Waals surface area contributed by atoms with Crippen LogP contribution in [0.5, 0.6) is 0 Å². The first-order valence-electron chi connectivity index (χ1n) is 36.1. The number of rotatable bonds is 67. The minimum Gasteiger partial charge on any atom is -0.462 e. The first kappa shape index (κ1) is 78.4. The molecular formula is C75H138O6. The highest BCUT2D eigenvalue weighted by Crippen LogP contribution is 2.19. The molecule has 0 radical (unpaired) electrons. The minimum atomic E-state index is -0.768. The number of hydrogen-bond acceptors (Lipinski definition) is 6. The van der Waals surface area contributed by atoms with Crippen LogP contribution in [0, 0.1) is 0 Å². The van der Waals surface area contributed by atoms with Crippen LogP contribution in [0.15, 0.2) is 48.6 Å². The topological polar surface area (TPSA) is 78.9 Å². The van der Waals surface area contributed by atoms with Gasteiger partial charge in [0.25, 0.3) is 0 Å². The van der Waals surface area contributed by atoms with Crippen LogP contribution < -0.4 is 0 Å². The van der Waals surface area contributed by atoms with E-state index in [9.17, 15) is 14.4 Å². The molecule has 0 bridgehead atoms. The maximum atomic E-state index is 12.9. The highest BCUT2D eigenvalue weighted by atomic mass is 16.6. The Hall–Kier alpha value is -2.63. The zero-order valence-electron chi connectivity index (χ0n) is 54.6. The molecule has 0 rings (SSSR count). The normalized spacial score (nSPS) is 12.3. The zero-order valence-corrected chi connectivity index (χ0v) is 54.6. The van der Waals surface area contributed by atoms with Crippen molar-refractivity contribution >= 4 is 17.9 Å². The molecule has 0 aliphatic carbocycles. The molecule has 81 heavy (non-hydrogen) atoms. The third-order valence-corrected chi connectivity index (χ3v) is 16.3. The summed E-state index contributed by atoms with van der Waals surface area (Å²) in [6, 6.07) is 0. The van der Waals surface area contributed by atoms with Gasteiger partial charge < -0.3 is 14.2 Å². The van der Waals surface area contributed by atoms with Crippen LogP contribution in [-0.4, -0.2) is 37.2 Å². The van der Waals surface area contributed by atoms with Crippen molar-refractivity contribution in [1.82, 2.24) is 0 Å². The number of carbonyl (C=O) groups is 3. The van der Waals surface area contributed by atoms with E-state index < -0.39 is 6.10 Å². The molecule has 0 saturated heterocycles. The zero-order chi connectivity index (χ0) is 58.5. The van der Waals surface area contributed by atoms with Gasteiger partial charge in [0.1, 0.15) is 13.2 Å². The summed E-state index contributed by atoms with van der Waals surface area (Å²) in [7, 11) is 0. The van der Waals surface area contributed by atoms with Crippen molar-refractivity contribution < 1.29 is 28.6 Å². The Labute approximate surface area is 505 Å². The third kappa shape index (κ3) is 68.0. The van der Waals surface area contributed by atoms with Gasteiger partial charge in [-0.2, -0.15) is 0 Å². The number of hydrogen-bond donors (Lipinski definition) is 0. The molecule has 0 N–H and O–H groups in total. The van der Waals surface area contributed by atoms with Crippen LogP contribution in [-0.2, 0) is 28.6 Å². The highest BCUT2D eigenvalue weighted by Gasteiger charge is 2.19. The van der Waals surface area contributed by atoms with Gasteiger partial charge >= 0.3 is 17.9 Å². The van der Waals surface area contributed by atoms with Gasteiger partial charge in [0.15, 0.2) is 6.10 Å². The quantitative estimate of drug-likeness (QED) is 0.0261. The van der Waals surface area contributed by atoms with Gasteiger partial charge in [0, 0.05) is 19.3 Å². The Kier molecular flexibility index (Phi) is 67.6. The lowest BCUT2D eigenvalue weighted by atomic mass is 10.0. The summed E-state index contributed by atoms with van der Waals surface area (Å²) in [5.41, 5.74) is 0. The molecule has 0 aliphatic heterocycles. The van der Waals surface area contributed by atoms with Crippen LogP contribution in [0.1, 0.15) is 393 Å². The van der Waals surface area contributed by atoms with Gasteiger partial charge in [-0.15, -0.1) is 0 Å². The summed E-state index contributed by atoms with van der Waals surface area (Å²) >= 11 is 0. The fourth-order valence-electron chi connectivity index (χ4n) is 11.0. The molecule has 0 aromatic heterocycles. The summed E-state index contributed by atoms with van der Waals surface area (Å²) < 4.78 is 17.0. The van der Waals surface area contributed by atoms with Crippen molar-refractivity contribution in [1.29, 1.82) is 0 Å². The van der Waals surface area contributed by atoms with Crippen molar-refractivity contribution in [2.45, 2.75) is 399 Å². The molecule has 1 unspecified atom stereocenters. The Bertz CT molecular complexity index is 1400. The van der Waals surface area contributed by atoms with Crippen molar-refractivity contribution in [2.75, 3.05) is 13.2 Å². The molecule has 0 aromatic rings. The monoisotopic (exact) mass is 1140 g/mol. The molecule has 0 fully saturated rings. The maximum absolute atomic E-state index is 12.9. The van der Waals surface area contributed by atoms with Gasteiger partial charge in [-0.05, 0) is 57.8 Å². The largest absolute Gasteiger partial charge is 0.462 e. The van der Waals surface area contributed by atoms with E-state index in [1.54, 1.807) is 0 Å². The van der Waals surface area contributed by atoms with Crippen molar-refractivity contribution in [3.05, 3.63) is 48.6 Å². The predicted octanol–water partition coefficient (Wildman–Crippen LogP) is 24.9. The third-order valence-electron chi connectivity index (χ3n) is 16.3. The van der Waals surface area contributed by atoms with Gasteiger partial charge in [-0.25, -0.2) is 0 Å². The number of esters is 3. The molecular weight excluding hydrogens is 997 g/mol. The van der Waals surface area contributed by atoms with Crippen LogP contribution in [0.25, 0.3) is 0 Å². The molecule has 0 spiro atoms. The minimum absolute atomic E-state index is 0.0646. The van der Waals surface area contributed by atoms with E-state index in [1.807, 2.05) is 0 Å². The van der Waals surface area contributed by atoms with Crippen LogP contribution in [0.3, 0.4) is 0 Å². The van der Waals surface area contributed by atoms with E-state index in [0.717, 1.165) is 83.5 Å². The van der Waals surface area contributed by atoms with Crippen LogP contribution in [0.4, 0.5) is 0 Å². The average molecular weight is 1140 g/mol. The molecule has 474 valence electrons. The summed E-state index contributed by atoms with van der Waals surface area (Å²) in [4.78, 5) is 38.4. The van der Waals surface area contributed by atoms with Gasteiger partial charge in [0.05, 0.1) is 0 Å². The Balaban J connectivity index is 4.16. The lowest BCUT2D eigenvalue weighted by Gasteiger charge is -2.18. The van der Waals surface area contributed by atoms with E-state index >= 15 is 0 Å². The molecule has 1 atom stereocenters. The van der Waals surface area contributed by atoms with Gasteiger partial charge in [0.2, 0.25) is 0 Å².